The number of anilines is 1. The maximum atomic E-state index is 12.6. The maximum Gasteiger partial charge on any atom is 0.224 e. The summed E-state index contributed by atoms with van der Waals surface area (Å²) in [4.78, 5) is 25.9. The summed E-state index contributed by atoms with van der Waals surface area (Å²) in [5.74, 6) is 3.24. The van der Waals surface area contributed by atoms with Crippen LogP contribution in [0.15, 0.2) is 29.4 Å². The highest BCUT2D eigenvalue weighted by molar-refractivity contribution is 14.0. The van der Waals surface area contributed by atoms with Crippen LogP contribution in [0.4, 0.5) is 5.82 Å². The molecule has 168 valence electrons. The monoisotopic (exact) mass is 546 g/mol. The van der Waals surface area contributed by atoms with Crippen LogP contribution in [0.1, 0.15) is 33.1 Å². The third kappa shape index (κ3) is 7.47. The highest BCUT2D eigenvalue weighted by atomic mass is 127. The van der Waals surface area contributed by atoms with Crippen molar-refractivity contribution in [2.45, 2.75) is 37.9 Å². The highest BCUT2D eigenvalue weighted by Gasteiger charge is 2.29. The molecule has 0 aliphatic carbocycles. The summed E-state index contributed by atoms with van der Waals surface area (Å²) in [6, 6.07) is 5.95. The van der Waals surface area contributed by atoms with E-state index in [0.717, 1.165) is 51.0 Å². The first-order valence-electron chi connectivity index (χ1n) is 10.7. The van der Waals surface area contributed by atoms with Crippen molar-refractivity contribution in [1.29, 1.82) is 0 Å². The molecule has 3 rings (SSSR count). The summed E-state index contributed by atoms with van der Waals surface area (Å²) in [5, 5.41) is 6.62. The van der Waals surface area contributed by atoms with Crippen LogP contribution in [0, 0.1) is 0 Å². The minimum absolute atomic E-state index is 0. The summed E-state index contributed by atoms with van der Waals surface area (Å²) in [6.07, 6.45) is 4.81. The molecule has 7 nitrogen and oxygen atoms in total. The Balaban J connectivity index is 0.00000320. The predicted octanol–water partition coefficient (Wildman–Crippen LogP) is 2.58. The van der Waals surface area contributed by atoms with Crippen LogP contribution in [0.5, 0.6) is 0 Å². The van der Waals surface area contributed by atoms with E-state index in [4.69, 9.17) is 4.99 Å². The Labute approximate surface area is 201 Å². The number of rotatable bonds is 7. The van der Waals surface area contributed by atoms with Crippen molar-refractivity contribution in [3.8, 4) is 0 Å². The van der Waals surface area contributed by atoms with Crippen LogP contribution in [-0.4, -0.2) is 78.1 Å². The number of hydrogen-bond acceptors (Lipinski definition) is 5. The second kappa shape index (κ2) is 12.6. The van der Waals surface area contributed by atoms with Crippen LogP contribution in [0.25, 0.3) is 0 Å². The molecule has 2 N–H and O–H groups in total. The third-order valence-corrected chi connectivity index (χ3v) is 6.98. The number of halogens is 1. The molecular weight excluding hydrogens is 511 g/mol. The van der Waals surface area contributed by atoms with Gasteiger partial charge >= 0.3 is 0 Å². The van der Waals surface area contributed by atoms with Gasteiger partial charge < -0.3 is 20.4 Å². The first-order chi connectivity index (χ1) is 14.1. The van der Waals surface area contributed by atoms with Crippen molar-refractivity contribution in [2.75, 3.05) is 56.5 Å². The predicted molar refractivity (Wildman–Crippen MR) is 137 cm³/mol. The fourth-order valence-corrected chi connectivity index (χ4v) is 4.95. The fraction of sp³-hybridized carbons (Fsp3) is 0.667. The van der Waals surface area contributed by atoms with Crippen LogP contribution < -0.4 is 15.5 Å². The van der Waals surface area contributed by atoms with Gasteiger partial charge in [-0.2, -0.15) is 11.8 Å². The average Bonchev–Trinajstić information content (AvgIpc) is 3.19. The normalized spacial score (nSPS) is 21.9. The summed E-state index contributed by atoms with van der Waals surface area (Å²) in [6.45, 7) is 9.76. The molecule has 2 fully saturated rings. The van der Waals surface area contributed by atoms with Gasteiger partial charge in [0.15, 0.2) is 5.96 Å². The van der Waals surface area contributed by atoms with Gasteiger partial charge in [-0.3, -0.25) is 9.79 Å². The number of carbonyl (C=O) groups is 1. The number of carbonyl (C=O) groups excluding carboxylic acids is 1. The summed E-state index contributed by atoms with van der Waals surface area (Å²) in [7, 11) is 0. The van der Waals surface area contributed by atoms with Crippen LogP contribution in [0.3, 0.4) is 0 Å². The van der Waals surface area contributed by atoms with E-state index >= 15 is 0 Å². The number of nitrogens with zero attached hydrogens (tertiary/aromatic N) is 4. The maximum absolute atomic E-state index is 12.6. The van der Waals surface area contributed by atoms with Crippen molar-refractivity contribution in [3.05, 3.63) is 24.4 Å². The van der Waals surface area contributed by atoms with Gasteiger partial charge in [0, 0.05) is 56.6 Å². The molecule has 0 radical (unpaired) electrons. The van der Waals surface area contributed by atoms with Crippen LogP contribution >= 0.6 is 35.7 Å². The van der Waals surface area contributed by atoms with E-state index in [0.29, 0.717) is 13.0 Å². The van der Waals surface area contributed by atoms with E-state index in [1.165, 1.54) is 18.6 Å². The zero-order valence-corrected chi connectivity index (χ0v) is 21.2. The number of guanidine groups is 1. The van der Waals surface area contributed by atoms with Gasteiger partial charge in [0.2, 0.25) is 5.91 Å². The lowest BCUT2D eigenvalue weighted by atomic mass is 10.1. The second-order valence-electron chi connectivity index (χ2n) is 7.83. The van der Waals surface area contributed by atoms with Crippen LogP contribution in [0.2, 0.25) is 0 Å². The molecule has 0 aromatic carbocycles. The Morgan fingerprint density at radius 2 is 2.07 bits per heavy atom. The number of hydrogen-bond donors (Lipinski definition) is 2. The van der Waals surface area contributed by atoms with Crippen molar-refractivity contribution in [1.82, 2.24) is 20.5 Å². The molecule has 30 heavy (non-hydrogen) atoms. The molecule has 1 atom stereocenters. The first kappa shape index (κ1) is 25.0. The zero-order valence-electron chi connectivity index (χ0n) is 18.1. The Hall–Kier alpha value is -1.23. The topological polar surface area (TPSA) is 72.9 Å². The van der Waals surface area contributed by atoms with Crippen LogP contribution in [-0.2, 0) is 4.79 Å². The SMILES string of the molecule is CCNC(=NCC1(C)CCCS1)NCCC(=O)N1CCN(c2ccccn2)CC1.I. The minimum atomic E-state index is 0. The Kier molecular flexibility index (Phi) is 10.5. The number of thioether (sulfide) groups is 1. The molecule has 2 aliphatic rings. The molecular formula is C21H35IN6OS. The molecule has 0 saturated carbocycles. The highest BCUT2D eigenvalue weighted by Crippen LogP contribution is 2.37. The lowest BCUT2D eigenvalue weighted by Crippen LogP contribution is -2.49. The van der Waals surface area contributed by atoms with Gasteiger partial charge in [-0.1, -0.05) is 6.07 Å². The first-order valence-corrected chi connectivity index (χ1v) is 11.7. The van der Waals surface area contributed by atoms with Gasteiger partial charge in [0.1, 0.15) is 5.82 Å². The van der Waals surface area contributed by atoms with E-state index in [9.17, 15) is 4.79 Å². The Bertz CT molecular complexity index is 675. The Morgan fingerprint density at radius 1 is 1.27 bits per heavy atom. The summed E-state index contributed by atoms with van der Waals surface area (Å²) in [5.41, 5.74) is 0. The van der Waals surface area contributed by atoms with Crippen molar-refractivity contribution < 1.29 is 4.79 Å². The average molecular weight is 547 g/mol. The van der Waals surface area contributed by atoms with E-state index in [1.54, 1.807) is 0 Å². The van der Waals surface area contributed by atoms with Gasteiger partial charge in [-0.05, 0) is 44.6 Å². The molecule has 1 aromatic rings. The molecule has 2 saturated heterocycles. The van der Waals surface area contributed by atoms with Crippen molar-refractivity contribution in [3.63, 3.8) is 0 Å². The standard InChI is InChI=1S/C21H34N6OS.HI/c1-3-22-20(25-17-21(2)9-6-16-29-21)24-11-8-19(28)27-14-12-26(13-15-27)18-7-4-5-10-23-18;/h4-5,7,10H,3,6,8-9,11-17H2,1-2H3,(H2,22,24,25);1H. The summed E-state index contributed by atoms with van der Waals surface area (Å²) >= 11 is 2.02. The number of aromatic nitrogens is 1. The molecule has 0 bridgehead atoms. The van der Waals surface area contributed by atoms with Crippen molar-refractivity contribution in [2.24, 2.45) is 4.99 Å². The van der Waals surface area contributed by atoms with E-state index in [1.807, 2.05) is 41.1 Å². The summed E-state index contributed by atoms with van der Waals surface area (Å²) < 4.78 is 0.255. The van der Waals surface area contributed by atoms with E-state index < -0.39 is 0 Å². The number of aliphatic imine (C=N–C) groups is 1. The third-order valence-electron chi connectivity index (χ3n) is 5.45. The number of piperazine rings is 1. The molecule has 1 amide bonds. The molecule has 1 aromatic heterocycles. The van der Waals surface area contributed by atoms with Gasteiger partial charge in [0.25, 0.3) is 0 Å². The smallest absolute Gasteiger partial charge is 0.224 e. The fourth-order valence-electron chi connectivity index (χ4n) is 3.72. The lowest BCUT2D eigenvalue weighted by molar-refractivity contribution is -0.131. The molecule has 0 spiro atoms. The number of nitrogens with one attached hydrogen (secondary N) is 2. The van der Waals surface area contributed by atoms with Gasteiger partial charge in [0.05, 0.1) is 6.54 Å². The van der Waals surface area contributed by atoms with Crippen molar-refractivity contribution >= 4 is 53.4 Å². The molecule has 3 heterocycles. The molecule has 2 aliphatic heterocycles. The number of amides is 1. The van der Waals surface area contributed by atoms with Gasteiger partial charge in [-0.25, -0.2) is 4.98 Å². The van der Waals surface area contributed by atoms with E-state index in [-0.39, 0.29) is 34.6 Å². The Morgan fingerprint density at radius 3 is 2.70 bits per heavy atom. The molecule has 1 unspecified atom stereocenters. The largest absolute Gasteiger partial charge is 0.357 e. The second-order valence-corrected chi connectivity index (χ2v) is 9.51. The van der Waals surface area contributed by atoms with Gasteiger partial charge in [-0.15, -0.1) is 24.0 Å². The minimum Gasteiger partial charge on any atom is -0.357 e. The quantitative estimate of drug-likeness (QED) is 0.311. The zero-order chi connectivity index (χ0) is 20.5. The van der Waals surface area contributed by atoms with E-state index in [2.05, 4.69) is 34.4 Å². The number of pyridine rings is 1. The lowest BCUT2D eigenvalue weighted by Gasteiger charge is -2.35. The molecule has 9 heteroatoms.